The lowest BCUT2D eigenvalue weighted by Gasteiger charge is -2.60. The van der Waals surface area contributed by atoms with Crippen molar-refractivity contribution in [3.8, 4) is 0 Å². The molecule has 7 heterocycles. The first-order chi connectivity index (χ1) is 39.9. The van der Waals surface area contributed by atoms with Crippen molar-refractivity contribution in [2.75, 3.05) is 46.2 Å². The number of hydrogen-bond donors (Lipinski definition) is 15. The molecule has 0 aromatic heterocycles. The molecule has 28 heteroatoms. The molecule has 7 aliphatic heterocycles. The van der Waals surface area contributed by atoms with Crippen molar-refractivity contribution in [3.63, 3.8) is 0 Å². The number of carbonyl (C=O) groups excluding carboxylic acids is 1. The molecule has 11 aliphatic rings. The molecule has 84 heavy (non-hydrogen) atoms. The van der Waals surface area contributed by atoms with Crippen LogP contribution in [0.5, 0.6) is 0 Å². The molecule has 4 aliphatic carbocycles. The molecule has 1 spiro atoms. The van der Waals surface area contributed by atoms with Gasteiger partial charge in [-0.15, -0.1) is 0 Å². The van der Waals surface area contributed by atoms with Crippen LogP contribution in [0, 0.1) is 52.3 Å². The summed E-state index contributed by atoms with van der Waals surface area (Å²) in [5.41, 5.74) is -2.86. The molecule has 11 rings (SSSR count). The smallest absolute Gasteiger partial charge is 0.187 e. The van der Waals surface area contributed by atoms with Gasteiger partial charge in [0.15, 0.2) is 37.2 Å². The van der Waals surface area contributed by atoms with E-state index in [4.69, 9.17) is 56.8 Å². The van der Waals surface area contributed by atoms with Gasteiger partial charge in [0.1, 0.15) is 115 Å². The largest absolute Gasteiger partial charge is 0.394 e. The van der Waals surface area contributed by atoms with Crippen LogP contribution in [0.4, 0.5) is 0 Å². The Morgan fingerprint density at radius 1 is 0.560 bits per heavy atom. The number of aliphatic hydroxyl groups is 15. The minimum absolute atomic E-state index is 0.0369. The topological polar surface area (TPSA) is 431 Å². The molecule has 0 aromatic rings. The molecule has 7 saturated heterocycles. The molecular formula is C56H90O28. The van der Waals surface area contributed by atoms with Crippen LogP contribution in [-0.2, 0) is 61.6 Å². The van der Waals surface area contributed by atoms with Crippen molar-refractivity contribution in [3.05, 3.63) is 0 Å². The summed E-state index contributed by atoms with van der Waals surface area (Å²) < 4.78 is 72.9. The third-order valence-electron chi connectivity index (χ3n) is 22.1. The number of carbonyl (C=O) groups is 1. The lowest BCUT2D eigenvalue weighted by molar-refractivity contribution is -0.408. The van der Waals surface area contributed by atoms with Crippen LogP contribution in [0.15, 0.2) is 0 Å². The Balaban J connectivity index is 0.778. The second-order valence-electron chi connectivity index (χ2n) is 26.7. The average Bonchev–Trinajstić information content (AvgIpc) is 1.61. The van der Waals surface area contributed by atoms with Crippen molar-refractivity contribution in [1.82, 2.24) is 0 Å². The maximum Gasteiger partial charge on any atom is 0.187 e. The average molecular weight is 1210 g/mol. The third kappa shape index (κ3) is 10.8. The predicted molar refractivity (Wildman–Crippen MR) is 275 cm³/mol. The normalized spacial score (nSPS) is 56.7. The second-order valence-corrected chi connectivity index (χ2v) is 26.7. The van der Waals surface area contributed by atoms with Gasteiger partial charge in [-0.2, -0.15) is 0 Å². The monoisotopic (exact) mass is 1210 g/mol. The number of rotatable bonds is 15. The summed E-state index contributed by atoms with van der Waals surface area (Å²) in [7, 11) is 0. The number of Topliss-reactive ketones (excluding diaryl/α,β-unsaturated/α-hetero) is 1. The SMILES string of the molecule is CC1CCC2(OC1)OC1CC3C4CCC5CC(OC6OC(CO)C(OC7OC(CO)C(O)C(OC8OC(CO)C(OC9OCC(O)(CO)C9O)C(O)C8O)C7OC7OC(CO)C(O)C(O)C7O)C(O)C6O)CCC5(C)C4CC(=O)C3(C)C1C2C. The van der Waals surface area contributed by atoms with E-state index >= 15 is 0 Å². The minimum Gasteiger partial charge on any atom is -0.394 e. The van der Waals surface area contributed by atoms with Gasteiger partial charge in [0, 0.05) is 30.1 Å². The van der Waals surface area contributed by atoms with Gasteiger partial charge in [-0.1, -0.05) is 27.7 Å². The standard InChI is InChI=1S/C56H90O28/c1-21-7-10-56(74-18-21)22(2)34-28(84-56)12-27-25-6-5-23-11-24(8-9-53(23,3)26(25)13-33(62)54(27,34)4)75-48-41(69)38(66)43(31(16-59)78-48)80-51-46(83-49-40(68)37(65)35(63)29(14-57)76-49)45(36(64)30(15-58)77-51)82-50-42(70)39(67)44(32(17-60)79-50)81-52-47(71)55(72,19-61)20-73-52/h21-32,34-52,57-61,63-72H,5-20H2,1-4H3. The van der Waals surface area contributed by atoms with E-state index in [1.54, 1.807) is 0 Å². The van der Waals surface area contributed by atoms with Gasteiger partial charge < -0.3 is 133 Å². The Kier molecular flexibility index (Phi) is 18.8. The quantitative estimate of drug-likeness (QED) is 0.0681. The second kappa shape index (κ2) is 24.7. The van der Waals surface area contributed by atoms with Gasteiger partial charge >= 0.3 is 0 Å². The zero-order valence-corrected chi connectivity index (χ0v) is 47.7. The molecule has 15 N–H and O–H groups in total. The van der Waals surface area contributed by atoms with E-state index in [1.165, 1.54) is 0 Å². The van der Waals surface area contributed by atoms with E-state index in [9.17, 15) is 81.4 Å². The maximum atomic E-state index is 14.8. The minimum atomic E-state index is -2.16. The number of hydrogen-bond acceptors (Lipinski definition) is 28. The van der Waals surface area contributed by atoms with Crippen molar-refractivity contribution >= 4 is 5.78 Å². The van der Waals surface area contributed by atoms with E-state index < -0.39 is 198 Å². The zero-order valence-electron chi connectivity index (χ0n) is 47.7. The molecule has 0 amide bonds. The Morgan fingerprint density at radius 3 is 1.71 bits per heavy atom. The Labute approximate surface area is 485 Å². The summed E-state index contributed by atoms with van der Waals surface area (Å²) in [6.45, 7) is 4.31. The number of aliphatic hydroxyl groups excluding tert-OH is 14. The highest BCUT2D eigenvalue weighted by atomic mass is 16.8. The summed E-state index contributed by atoms with van der Waals surface area (Å²) in [6.07, 6.45) is -34.8. The molecular weight excluding hydrogens is 1120 g/mol. The highest BCUT2D eigenvalue weighted by molar-refractivity contribution is 5.87. The number of ketones is 1. The summed E-state index contributed by atoms with van der Waals surface area (Å²) in [6, 6.07) is 0. The first-order valence-corrected chi connectivity index (χ1v) is 30.2. The molecule has 0 bridgehead atoms. The van der Waals surface area contributed by atoms with Gasteiger partial charge in [0.2, 0.25) is 0 Å². The van der Waals surface area contributed by atoms with Crippen molar-refractivity contribution in [2.45, 2.75) is 244 Å². The Hall–Kier alpha value is -1.41. The van der Waals surface area contributed by atoms with Crippen molar-refractivity contribution in [2.24, 2.45) is 52.3 Å². The molecule has 4 saturated carbocycles. The van der Waals surface area contributed by atoms with Crippen molar-refractivity contribution in [1.29, 1.82) is 0 Å². The lowest BCUT2D eigenvalue weighted by Crippen LogP contribution is -2.69. The molecule has 0 radical (unpaired) electrons. The Bertz CT molecular complexity index is 2240. The Morgan fingerprint density at radius 2 is 1.12 bits per heavy atom. The van der Waals surface area contributed by atoms with Gasteiger partial charge in [0.25, 0.3) is 0 Å². The van der Waals surface area contributed by atoms with E-state index in [0.717, 1.165) is 38.5 Å². The predicted octanol–water partition coefficient (Wildman–Crippen LogP) is -5.27. The molecule has 482 valence electrons. The molecule has 0 aromatic carbocycles. The van der Waals surface area contributed by atoms with Crippen LogP contribution >= 0.6 is 0 Å². The fourth-order valence-corrected chi connectivity index (χ4v) is 17.1. The maximum absolute atomic E-state index is 14.8. The summed E-state index contributed by atoms with van der Waals surface area (Å²) in [5, 5.41) is 164. The van der Waals surface area contributed by atoms with Gasteiger partial charge in [0.05, 0.1) is 58.5 Å². The van der Waals surface area contributed by atoms with Crippen molar-refractivity contribution < 1.29 is 138 Å². The van der Waals surface area contributed by atoms with E-state index in [0.29, 0.717) is 43.5 Å². The summed E-state index contributed by atoms with van der Waals surface area (Å²) in [5.74, 6) is 1.15. The summed E-state index contributed by atoms with van der Waals surface area (Å²) in [4.78, 5) is 14.8. The fourth-order valence-electron chi connectivity index (χ4n) is 17.1. The first-order valence-electron chi connectivity index (χ1n) is 30.2. The molecule has 11 fully saturated rings. The van der Waals surface area contributed by atoms with E-state index in [-0.39, 0.29) is 41.1 Å². The van der Waals surface area contributed by atoms with Crippen LogP contribution in [0.3, 0.4) is 0 Å². The van der Waals surface area contributed by atoms with Gasteiger partial charge in [-0.25, -0.2) is 0 Å². The van der Waals surface area contributed by atoms with Crippen LogP contribution in [0.25, 0.3) is 0 Å². The fraction of sp³-hybridized carbons (Fsp3) is 0.982. The molecule has 28 nitrogen and oxygen atoms in total. The molecule has 35 atom stereocenters. The van der Waals surface area contributed by atoms with Gasteiger partial charge in [-0.05, 0) is 80.0 Å². The van der Waals surface area contributed by atoms with E-state index in [1.807, 2.05) is 0 Å². The van der Waals surface area contributed by atoms with E-state index in [2.05, 4.69) is 27.7 Å². The van der Waals surface area contributed by atoms with Crippen LogP contribution in [0.1, 0.15) is 85.5 Å². The highest BCUT2D eigenvalue weighted by Gasteiger charge is 2.72. The lowest BCUT2D eigenvalue weighted by atomic mass is 9.44. The number of ether oxygens (including phenoxy) is 12. The molecule has 35 unspecified atom stereocenters. The zero-order chi connectivity index (χ0) is 60.3. The van der Waals surface area contributed by atoms with Crippen LogP contribution < -0.4 is 0 Å². The summed E-state index contributed by atoms with van der Waals surface area (Å²) >= 11 is 0. The number of fused-ring (bicyclic) bond motifs is 7. The van der Waals surface area contributed by atoms with Crippen LogP contribution in [-0.4, -0.2) is 287 Å². The third-order valence-corrected chi connectivity index (χ3v) is 22.1. The first kappa shape index (κ1) is 64.1. The van der Waals surface area contributed by atoms with Gasteiger partial charge in [-0.3, -0.25) is 4.79 Å². The highest BCUT2D eigenvalue weighted by Crippen LogP contribution is 2.70. The van der Waals surface area contributed by atoms with Crippen LogP contribution in [0.2, 0.25) is 0 Å².